The van der Waals surface area contributed by atoms with Crippen LogP contribution < -0.4 is 5.32 Å². The van der Waals surface area contributed by atoms with Crippen LogP contribution in [0, 0.1) is 5.92 Å². The zero-order chi connectivity index (χ0) is 11.7. The quantitative estimate of drug-likeness (QED) is 0.620. The second-order valence-corrected chi connectivity index (χ2v) is 4.95. The first-order chi connectivity index (χ1) is 7.13. The first kappa shape index (κ1) is 14.9. The highest BCUT2D eigenvalue weighted by Gasteiger charge is 2.14. The van der Waals surface area contributed by atoms with Crippen LogP contribution in [0.15, 0.2) is 0 Å². The van der Waals surface area contributed by atoms with Crippen LogP contribution in [-0.2, 0) is 0 Å². The van der Waals surface area contributed by atoms with Gasteiger partial charge < -0.3 is 10.4 Å². The van der Waals surface area contributed by atoms with Crippen LogP contribution in [-0.4, -0.2) is 23.8 Å². The average Bonchev–Trinajstić information content (AvgIpc) is 2.16. The normalized spacial score (nSPS) is 13.8. The van der Waals surface area contributed by atoms with E-state index < -0.39 is 0 Å². The van der Waals surface area contributed by atoms with Crippen molar-refractivity contribution in [3.63, 3.8) is 0 Å². The number of nitrogens with one attached hydrogen (secondary N) is 1. The Morgan fingerprint density at radius 3 is 1.87 bits per heavy atom. The van der Waals surface area contributed by atoms with Crippen LogP contribution >= 0.6 is 0 Å². The zero-order valence-electron chi connectivity index (χ0n) is 10.9. The van der Waals surface area contributed by atoms with Crippen LogP contribution in [0.3, 0.4) is 0 Å². The molecule has 0 spiro atoms. The van der Waals surface area contributed by atoms with Gasteiger partial charge in [0.15, 0.2) is 0 Å². The molecule has 0 aromatic heterocycles. The maximum Gasteiger partial charge on any atom is 0.0584 e. The predicted octanol–water partition coefficient (Wildman–Crippen LogP) is 2.95. The fraction of sp³-hybridized carbons (Fsp3) is 1.00. The van der Waals surface area contributed by atoms with Crippen molar-refractivity contribution >= 4 is 0 Å². The molecule has 0 amide bonds. The van der Waals surface area contributed by atoms with Gasteiger partial charge in [0.25, 0.3) is 0 Å². The molecule has 0 aliphatic heterocycles. The summed E-state index contributed by atoms with van der Waals surface area (Å²) in [6.07, 6.45) is 5.96. The minimum atomic E-state index is 0.266. The summed E-state index contributed by atoms with van der Waals surface area (Å²) in [5, 5.41) is 12.9. The molecule has 0 aliphatic rings. The zero-order valence-corrected chi connectivity index (χ0v) is 10.9. The monoisotopic (exact) mass is 215 g/mol. The van der Waals surface area contributed by atoms with Crippen molar-refractivity contribution in [3.8, 4) is 0 Å². The minimum Gasteiger partial charge on any atom is -0.395 e. The van der Waals surface area contributed by atoms with Gasteiger partial charge in [0.2, 0.25) is 0 Å². The molecular formula is C13H29NO. The fourth-order valence-corrected chi connectivity index (χ4v) is 2.11. The summed E-state index contributed by atoms with van der Waals surface area (Å²) in [7, 11) is 0. The molecule has 0 rings (SSSR count). The Hall–Kier alpha value is -0.0800. The molecular weight excluding hydrogens is 186 g/mol. The third kappa shape index (κ3) is 7.80. The van der Waals surface area contributed by atoms with E-state index in [1.54, 1.807) is 0 Å². The van der Waals surface area contributed by atoms with Gasteiger partial charge in [-0.3, -0.25) is 0 Å². The summed E-state index contributed by atoms with van der Waals surface area (Å²) >= 11 is 0. The van der Waals surface area contributed by atoms with E-state index >= 15 is 0 Å². The molecule has 0 unspecified atom stereocenters. The maximum atomic E-state index is 9.30. The molecule has 0 bridgehead atoms. The van der Waals surface area contributed by atoms with Gasteiger partial charge in [0.1, 0.15) is 0 Å². The lowest BCUT2D eigenvalue weighted by Gasteiger charge is -2.25. The molecule has 0 aromatic rings. The highest BCUT2D eigenvalue weighted by atomic mass is 16.3. The van der Waals surface area contributed by atoms with Crippen LogP contribution in [0.2, 0.25) is 0 Å². The highest BCUT2D eigenvalue weighted by Crippen LogP contribution is 2.10. The molecule has 2 N–H and O–H groups in total. The van der Waals surface area contributed by atoms with Gasteiger partial charge in [-0.05, 0) is 25.2 Å². The molecule has 2 heteroatoms. The van der Waals surface area contributed by atoms with Crippen LogP contribution in [0.25, 0.3) is 0 Å². The largest absolute Gasteiger partial charge is 0.395 e. The summed E-state index contributed by atoms with van der Waals surface area (Å²) in [6, 6.07) is 0.879. The second kappa shape index (κ2) is 9.17. The molecule has 0 fully saturated rings. The minimum absolute atomic E-state index is 0.266. The molecule has 0 aromatic carbocycles. The van der Waals surface area contributed by atoms with E-state index in [4.69, 9.17) is 0 Å². The van der Waals surface area contributed by atoms with Gasteiger partial charge in [0.05, 0.1) is 6.61 Å². The summed E-state index contributed by atoms with van der Waals surface area (Å²) in [5.74, 6) is 0.651. The summed E-state index contributed by atoms with van der Waals surface area (Å²) in [5.41, 5.74) is 0. The lowest BCUT2D eigenvalue weighted by atomic mass is 10.0. The SMILES string of the molecule is CCCC(CCC)N[C@H](CO)CC(C)C. The van der Waals surface area contributed by atoms with E-state index in [0.717, 1.165) is 6.42 Å². The standard InChI is InChI=1S/C13H29NO/c1-5-7-12(8-6-2)14-13(10-15)9-11(3)4/h11-15H,5-10H2,1-4H3/t13-/m0/s1. The number of rotatable bonds is 9. The Bertz CT molecular complexity index is 130. The fourth-order valence-electron chi connectivity index (χ4n) is 2.11. The van der Waals surface area contributed by atoms with Crippen molar-refractivity contribution in [1.82, 2.24) is 5.32 Å². The van der Waals surface area contributed by atoms with Crippen molar-refractivity contribution in [2.45, 2.75) is 71.9 Å². The number of aliphatic hydroxyl groups excluding tert-OH is 1. The molecule has 0 saturated carbocycles. The van der Waals surface area contributed by atoms with Crippen molar-refractivity contribution < 1.29 is 5.11 Å². The number of hydrogen-bond acceptors (Lipinski definition) is 2. The van der Waals surface area contributed by atoms with Crippen molar-refractivity contribution in [2.75, 3.05) is 6.61 Å². The third-order valence-electron chi connectivity index (χ3n) is 2.72. The second-order valence-electron chi connectivity index (χ2n) is 4.95. The Morgan fingerprint density at radius 2 is 1.53 bits per heavy atom. The average molecular weight is 215 g/mol. The van der Waals surface area contributed by atoms with Gasteiger partial charge in [-0.25, -0.2) is 0 Å². The van der Waals surface area contributed by atoms with Crippen LogP contribution in [0.1, 0.15) is 59.8 Å². The lowest BCUT2D eigenvalue weighted by Crippen LogP contribution is -2.41. The van der Waals surface area contributed by atoms with Crippen molar-refractivity contribution in [1.29, 1.82) is 0 Å². The molecule has 92 valence electrons. The first-order valence-electron chi connectivity index (χ1n) is 6.50. The topological polar surface area (TPSA) is 32.3 Å². The first-order valence-corrected chi connectivity index (χ1v) is 6.50. The number of hydrogen-bond donors (Lipinski definition) is 2. The van der Waals surface area contributed by atoms with Crippen molar-refractivity contribution in [2.24, 2.45) is 5.92 Å². The smallest absolute Gasteiger partial charge is 0.0584 e. The Morgan fingerprint density at radius 1 is 1.00 bits per heavy atom. The van der Waals surface area contributed by atoms with Gasteiger partial charge >= 0.3 is 0 Å². The van der Waals surface area contributed by atoms with Crippen LogP contribution in [0.4, 0.5) is 0 Å². The summed E-state index contributed by atoms with van der Waals surface area (Å²) < 4.78 is 0. The van der Waals surface area contributed by atoms with Gasteiger partial charge in [0, 0.05) is 12.1 Å². The molecule has 0 radical (unpaired) electrons. The molecule has 0 saturated heterocycles. The van der Waals surface area contributed by atoms with E-state index in [1.807, 2.05) is 0 Å². The summed E-state index contributed by atoms with van der Waals surface area (Å²) in [4.78, 5) is 0. The Kier molecular flexibility index (Phi) is 9.12. The molecule has 0 aliphatic carbocycles. The highest BCUT2D eigenvalue weighted by molar-refractivity contribution is 4.74. The predicted molar refractivity (Wildman–Crippen MR) is 67.1 cm³/mol. The Labute approximate surface area is 95.5 Å². The number of aliphatic hydroxyl groups is 1. The van der Waals surface area contributed by atoms with E-state index in [0.29, 0.717) is 12.0 Å². The Balaban J connectivity index is 3.96. The van der Waals surface area contributed by atoms with E-state index in [-0.39, 0.29) is 12.6 Å². The molecule has 1 atom stereocenters. The van der Waals surface area contributed by atoms with Crippen LogP contribution in [0.5, 0.6) is 0 Å². The van der Waals surface area contributed by atoms with Gasteiger partial charge in [-0.15, -0.1) is 0 Å². The molecule has 0 heterocycles. The van der Waals surface area contributed by atoms with E-state index in [1.165, 1.54) is 25.7 Å². The molecule has 2 nitrogen and oxygen atoms in total. The van der Waals surface area contributed by atoms with E-state index in [2.05, 4.69) is 33.0 Å². The lowest BCUT2D eigenvalue weighted by molar-refractivity contribution is 0.207. The third-order valence-corrected chi connectivity index (χ3v) is 2.72. The summed E-state index contributed by atoms with van der Waals surface area (Å²) in [6.45, 7) is 9.13. The van der Waals surface area contributed by atoms with Gasteiger partial charge in [-0.1, -0.05) is 40.5 Å². The van der Waals surface area contributed by atoms with E-state index in [9.17, 15) is 5.11 Å². The van der Waals surface area contributed by atoms with Gasteiger partial charge in [-0.2, -0.15) is 0 Å². The maximum absolute atomic E-state index is 9.30. The molecule has 15 heavy (non-hydrogen) atoms. The van der Waals surface area contributed by atoms with Crippen molar-refractivity contribution in [3.05, 3.63) is 0 Å².